The first-order valence-electron chi connectivity index (χ1n) is 9.07. The van der Waals surface area contributed by atoms with Crippen molar-refractivity contribution in [3.05, 3.63) is 81.0 Å². The second-order valence-electron chi connectivity index (χ2n) is 6.94. The maximum Gasteiger partial charge on any atom is 0.232 e. The molecule has 0 unspecified atom stereocenters. The van der Waals surface area contributed by atoms with Crippen LogP contribution in [-0.4, -0.2) is 22.4 Å². The van der Waals surface area contributed by atoms with Crippen molar-refractivity contribution in [3.63, 3.8) is 0 Å². The number of ether oxygens (including phenoxy) is 2. The van der Waals surface area contributed by atoms with Crippen molar-refractivity contribution in [1.29, 1.82) is 0 Å². The monoisotopic (exact) mass is 390 g/mol. The number of hydrogen-bond donors (Lipinski definition) is 0. The molecule has 0 N–H and O–H groups in total. The smallest absolute Gasteiger partial charge is 0.232 e. The van der Waals surface area contributed by atoms with E-state index in [1.807, 2.05) is 42.8 Å². The number of aromatic nitrogens is 1. The number of hydrogen-bond acceptors (Lipinski definition) is 6. The standard InChI is InChI=1S/C22H18N2O3S/c1-14-21-16(12-24(13-26-21)11-15-4-2-6-23-10-15)8-18-20(25)19(27-22(14)18)9-17-5-3-7-28-17/h2-10H,11-13H2,1H3. The van der Waals surface area contributed by atoms with Gasteiger partial charge in [-0.3, -0.25) is 14.7 Å². The summed E-state index contributed by atoms with van der Waals surface area (Å²) in [5.74, 6) is 1.74. The van der Waals surface area contributed by atoms with Crippen LogP contribution in [0.15, 0.2) is 53.9 Å². The molecule has 2 aliphatic heterocycles. The zero-order chi connectivity index (χ0) is 19.1. The van der Waals surface area contributed by atoms with E-state index in [4.69, 9.17) is 9.47 Å². The molecule has 1 aromatic carbocycles. The molecule has 0 radical (unpaired) electrons. The number of ketones is 1. The van der Waals surface area contributed by atoms with Crippen molar-refractivity contribution < 1.29 is 14.3 Å². The molecule has 0 fully saturated rings. The van der Waals surface area contributed by atoms with Gasteiger partial charge in [-0.25, -0.2) is 0 Å². The molecule has 0 atom stereocenters. The Bertz CT molecular complexity index is 1070. The number of thiophene rings is 1. The van der Waals surface area contributed by atoms with Crippen molar-refractivity contribution in [2.75, 3.05) is 6.73 Å². The van der Waals surface area contributed by atoms with Crippen molar-refractivity contribution in [2.45, 2.75) is 20.0 Å². The van der Waals surface area contributed by atoms with Crippen LogP contribution in [0.4, 0.5) is 0 Å². The zero-order valence-corrected chi connectivity index (χ0v) is 16.2. The molecule has 0 amide bonds. The van der Waals surface area contributed by atoms with Gasteiger partial charge < -0.3 is 9.47 Å². The summed E-state index contributed by atoms with van der Waals surface area (Å²) in [4.78, 5) is 20.2. The van der Waals surface area contributed by atoms with Crippen LogP contribution < -0.4 is 9.47 Å². The van der Waals surface area contributed by atoms with E-state index in [0.717, 1.165) is 40.4 Å². The molecular weight excluding hydrogens is 372 g/mol. The maximum absolute atomic E-state index is 12.9. The summed E-state index contributed by atoms with van der Waals surface area (Å²) < 4.78 is 12.0. The minimum atomic E-state index is -0.0707. The highest BCUT2D eigenvalue weighted by molar-refractivity contribution is 7.10. The molecule has 5 rings (SSSR count). The summed E-state index contributed by atoms with van der Waals surface area (Å²) in [6.07, 6.45) is 5.44. The van der Waals surface area contributed by atoms with Crippen LogP contribution in [0.2, 0.25) is 0 Å². The average Bonchev–Trinajstić information content (AvgIpc) is 3.32. The molecule has 5 nitrogen and oxygen atoms in total. The number of carbonyl (C=O) groups excluding carboxylic acids is 1. The second-order valence-corrected chi connectivity index (χ2v) is 7.92. The molecule has 2 aromatic heterocycles. The number of Topliss-reactive ketones (excluding diaryl/α,β-unsaturated/α-hetero) is 1. The lowest BCUT2D eigenvalue weighted by atomic mass is 10.00. The quantitative estimate of drug-likeness (QED) is 0.620. The van der Waals surface area contributed by atoms with Gasteiger partial charge >= 0.3 is 0 Å². The van der Waals surface area contributed by atoms with E-state index in [2.05, 4.69) is 16.0 Å². The number of fused-ring (bicyclic) bond motifs is 2. The molecule has 0 saturated carbocycles. The zero-order valence-electron chi connectivity index (χ0n) is 15.3. The summed E-state index contributed by atoms with van der Waals surface area (Å²) in [5, 5.41) is 1.98. The third-order valence-electron chi connectivity index (χ3n) is 4.95. The van der Waals surface area contributed by atoms with Gasteiger partial charge in [0.1, 0.15) is 18.2 Å². The van der Waals surface area contributed by atoms with E-state index in [0.29, 0.717) is 23.8 Å². The lowest BCUT2D eigenvalue weighted by molar-refractivity contribution is 0.0876. The Morgan fingerprint density at radius 2 is 2.21 bits per heavy atom. The molecule has 6 heteroatoms. The number of benzene rings is 1. The van der Waals surface area contributed by atoms with E-state index in [9.17, 15) is 4.79 Å². The molecule has 28 heavy (non-hydrogen) atoms. The predicted molar refractivity (Wildman–Crippen MR) is 107 cm³/mol. The van der Waals surface area contributed by atoms with Gasteiger partial charge in [-0.2, -0.15) is 0 Å². The van der Waals surface area contributed by atoms with Gasteiger partial charge in [-0.05, 0) is 36.1 Å². The van der Waals surface area contributed by atoms with Gasteiger partial charge in [0.25, 0.3) is 0 Å². The van der Waals surface area contributed by atoms with Crippen molar-refractivity contribution in [1.82, 2.24) is 9.88 Å². The second kappa shape index (κ2) is 6.89. The summed E-state index contributed by atoms with van der Waals surface area (Å²) in [6.45, 7) is 3.91. The lowest BCUT2D eigenvalue weighted by Crippen LogP contribution is -2.32. The van der Waals surface area contributed by atoms with E-state index < -0.39 is 0 Å². The number of pyridine rings is 1. The van der Waals surface area contributed by atoms with Crippen LogP contribution in [0.25, 0.3) is 6.08 Å². The lowest BCUT2D eigenvalue weighted by Gasteiger charge is -2.30. The topological polar surface area (TPSA) is 51.7 Å². The van der Waals surface area contributed by atoms with Crippen molar-refractivity contribution >= 4 is 23.2 Å². The Balaban J connectivity index is 1.44. The van der Waals surface area contributed by atoms with Crippen LogP contribution in [0.1, 0.15) is 31.9 Å². The molecule has 0 saturated heterocycles. The van der Waals surface area contributed by atoms with Crippen LogP contribution in [0.5, 0.6) is 11.5 Å². The minimum Gasteiger partial charge on any atom is -0.477 e. The van der Waals surface area contributed by atoms with E-state index in [1.54, 1.807) is 23.6 Å². The highest BCUT2D eigenvalue weighted by Gasteiger charge is 2.33. The molecular formula is C22H18N2O3S. The molecule has 0 bridgehead atoms. The van der Waals surface area contributed by atoms with Crippen molar-refractivity contribution in [3.8, 4) is 11.5 Å². The molecule has 4 heterocycles. The largest absolute Gasteiger partial charge is 0.477 e. The summed E-state index contributed by atoms with van der Waals surface area (Å²) in [6, 6.07) is 9.83. The van der Waals surface area contributed by atoms with E-state index in [1.165, 1.54) is 0 Å². The fourth-order valence-corrected chi connectivity index (χ4v) is 4.30. The predicted octanol–water partition coefficient (Wildman–Crippen LogP) is 4.42. The Hall–Kier alpha value is -2.96. The first kappa shape index (κ1) is 17.2. The van der Waals surface area contributed by atoms with Gasteiger partial charge in [0, 0.05) is 47.6 Å². The maximum atomic E-state index is 12.9. The van der Waals surface area contributed by atoms with Gasteiger partial charge in [0.15, 0.2) is 5.76 Å². The number of rotatable bonds is 3. The Morgan fingerprint density at radius 1 is 1.29 bits per heavy atom. The van der Waals surface area contributed by atoms with Gasteiger partial charge in [-0.15, -0.1) is 11.3 Å². The fourth-order valence-electron chi connectivity index (χ4n) is 3.65. The van der Waals surface area contributed by atoms with E-state index in [-0.39, 0.29) is 5.78 Å². The van der Waals surface area contributed by atoms with Crippen LogP contribution in [-0.2, 0) is 13.1 Å². The minimum absolute atomic E-state index is 0.0707. The third kappa shape index (κ3) is 3.00. The third-order valence-corrected chi connectivity index (χ3v) is 5.77. The van der Waals surface area contributed by atoms with E-state index >= 15 is 0 Å². The first-order chi connectivity index (χ1) is 13.7. The van der Waals surface area contributed by atoms with Gasteiger partial charge in [-0.1, -0.05) is 12.1 Å². The Kier molecular flexibility index (Phi) is 4.22. The first-order valence-corrected chi connectivity index (χ1v) is 9.95. The molecule has 2 aliphatic rings. The fraction of sp³-hybridized carbons (Fsp3) is 0.182. The summed E-state index contributed by atoms with van der Waals surface area (Å²) in [7, 11) is 0. The number of carbonyl (C=O) groups is 1. The van der Waals surface area contributed by atoms with Gasteiger partial charge in [0.05, 0.1) is 5.56 Å². The summed E-state index contributed by atoms with van der Waals surface area (Å²) >= 11 is 1.58. The van der Waals surface area contributed by atoms with Crippen LogP contribution in [0.3, 0.4) is 0 Å². The Labute approximate surface area is 166 Å². The number of allylic oxidation sites excluding steroid dienone is 1. The van der Waals surface area contributed by atoms with Crippen LogP contribution in [0, 0.1) is 6.92 Å². The SMILES string of the molecule is Cc1c2c(cc3c1OC(=Cc1cccs1)C3=O)CN(Cc1cccnc1)CO2. The Morgan fingerprint density at radius 3 is 3.00 bits per heavy atom. The normalized spacial score (nSPS) is 17.2. The molecule has 140 valence electrons. The molecule has 0 spiro atoms. The molecule has 3 aromatic rings. The van der Waals surface area contributed by atoms with Crippen LogP contribution >= 0.6 is 11.3 Å². The highest BCUT2D eigenvalue weighted by atomic mass is 32.1. The van der Waals surface area contributed by atoms with Gasteiger partial charge in [0.2, 0.25) is 5.78 Å². The van der Waals surface area contributed by atoms with Crippen molar-refractivity contribution in [2.24, 2.45) is 0 Å². The number of nitrogens with zero attached hydrogens (tertiary/aromatic N) is 2. The highest BCUT2D eigenvalue weighted by Crippen LogP contribution is 2.43. The summed E-state index contributed by atoms with van der Waals surface area (Å²) in [5.41, 5.74) is 3.65. The molecule has 0 aliphatic carbocycles. The average molecular weight is 390 g/mol.